The van der Waals surface area contributed by atoms with Crippen molar-refractivity contribution in [1.82, 2.24) is 0 Å². The van der Waals surface area contributed by atoms with E-state index in [0.717, 1.165) is 18.4 Å². The molecule has 5 aromatic carbocycles. The Morgan fingerprint density at radius 3 is 2.28 bits per heavy atom. The summed E-state index contributed by atoms with van der Waals surface area (Å²) in [6.45, 7) is 5.78. The highest BCUT2D eigenvalue weighted by molar-refractivity contribution is 7.43. The second kappa shape index (κ2) is 9.50. The van der Waals surface area contributed by atoms with Crippen molar-refractivity contribution < 1.29 is 9.53 Å². The van der Waals surface area contributed by atoms with Crippen LogP contribution in [0.5, 0.6) is 5.75 Å². The second-order valence-electron chi connectivity index (χ2n) is 8.95. The first-order valence-electron chi connectivity index (χ1n) is 12.1. The van der Waals surface area contributed by atoms with Crippen LogP contribution in [-0.4, -0.2) is 12.6 Å². The number of carbonyl (C=O) groups is 1. The Balaban J connectivity index is 1.47. The molecule has 4 heteroatoms. The number of benzene rings is 5. The topological polar surface area (TPSA) is 26.3 Å². The van der Waals surface area contributed by atoms with Crippen molar-refractivity contribution >= 4 is 67.6 Å². The molecule has 0 amide bonds. The number of rotatable bonds is 6. The van der Waals surface area contributed by atoms with Crippen molar-refractivity contribution in [2.45, 2.75) is 12.8 Å². The minimum atomic E-state index is -0.340. The minimum Gasteiger partial charge on any atom is -0.423 e. The fraction of sp³-hybridized carbons (Fsp3) is 0.0938. The Bertz CT molecular complexity index is 1800. The Hall–Kier alpha value is -3.52. The van der Waals surface area contributed by atoms with Gasteiger partial charge in [0.25, 0.3) is 0 Å². The fourth-order valence-electron chi connectivity index (χ4n) is 4.98. The monoisotopic (exact) mass is 504 g/mol. The molecule has 0 fully saturated rings. The van der Waals surface area contributed by atoms with E-state index in [0.29, 0.717) is 19.6 Å². The van der Waals surface area contributed by atoms with Crippen LogP contribution in [0.15, 0.2) is 103 Å². The SMILES string of the molecule is C=C(PC)C(=O)Oc1ccccc1CCc1cc2ccccc2c2c1sc1ccc3ccccc3c12. The van der Waals surface area contributed by atoms with Crippen LogP contribution in [0.1, 0.15) is 11.1 Å². The average molecular weight is 505 g/mol. The summed E-state index contributed by atoms with van der Waals surface area (Å²) in [5.41, 5.74) is 2.36. The zero-order valence-corrected chi connectivity index (χ0v) is 21.8. The van der Waals surface area contributed by atoms with Gasteiger partial charge >= 0.3 is 5.97 Å². The molecule has 176 valence electrons. The molecule has 0 bridgehead atoms. The van der Waals surface area contributed by atoms with Crippen LogP contribution >= 0.6 is 19.9 Å². The Morgan fingerprint density at radius 2 is 1.47 bits per heavy atom. The van der Waals surface area contributed by atoms with E-state index in [9.17, 15) is 4.79 Å². The zero-order chi connectivity index (χ0) is 24.6. The molecule has 1 unspecified atom stereocenters. The number of esters is 1. The highest BCUT2D eigenvalue weighted by Crippen LogP contribution is 2.44. The summed E-state index contributed by atoms with van der Waals surface area (Å²) in [4.78, 5) is 12.4. The standard InChI is InChI=1S/C32H25O2PS/c1-20(35-2)32(33)34-27-14-8-5-10-22(27)15-16-24-19-23-11-4-7-13-26(23)30-29-25-12-6-3-9-21(25)17-18-28(29)36-31(24)30/h3-14,17-19,35H,1,15-16H2,2H3. The predicted molar refractivity (Wildman–Crippen MR) is 157 cm³/mol. The number of hydrogen-bond donors (Lipinski definition) is 0. The largest absolute Gasteiger partial charge is 0.423 e. The lowest BCUT2D eigenvalue weighted by atomic mass is 9.95. The van der Waals surface area contributed by atoms with Gasteiger partial charge in [-0.2, -0.15) is 0 Å². The van der Waals surface area contributed by atoms with Gasteiger partial charge in [-0.25, -0.2) is 4.79 Å². The van der Waals surface area contributed by atoms with Crippen LogP contribution in [-0.2, 0) is 17.6 Å². The molecule has 0 radical (unpaired) electrons. The molecule has 0 spiro atoms. The van der Waals surface area contributed by atoms with Gasteiger partial charge in [-0.05, 0) is 70.4 Å². The molecule has 6 rings (SSSR count). The van der Waals surface area contributed by atoms with Gasteiger partial charge < -0.3 is 4.74 Å². The molecule has 0 aliphatic carbocycles. The molecule has 1 atom stereocenters. The van der Waals surface area contributed by atoms with Gasteiger partial charge in [-0.3, -0.25) is 0 Å². The number of aryl methyl sites for hydroxylation is 2. The van der Waals surface area contributed by atoms with Crippen LogP contribution in [0.2, 0.25) is 0 Å². The van der Waals surface area contributed by atoms with Crippen LogP contribution in [0.25, 0.3) is 41.7 Å². The number of ether oxygens (including phenoxy) is 1. The third kappa shape index (κ3) is 3.99. The molecular weight excluding hydrogens is 479 g/mol. The number of fused-ring (bicyclic) bond motifs is 7. The normalized spacial score (nSPS) is 11.8. The third-order valence-corrected chi connectivity index (χ3v) is 8.86. The first-order chi connectivity index (χ1) is 17.6. The van der Waals surface area contributed by atoms with Crippen LogP contribution in [0, 0.1) is 0 Å². The molecule has 0 aliphatic heterocycles. The maximum Gasteiger partial charge on any atom is 0.343 e. The van der Waals surface area contributed by atoms with Crippen LogP contribution in [0.3, 0.4) is 0 Å². The van der Waals surface area contributed by atoms with Crippen LogP contribution in [0.4, 0.5) is 0 Å². The lowest BCUT2D eigenvalue weighted by Gasteiger charge is -2.12. The Labute approximate surface area is 216 Å². The summed E-state index contributed by atoms with van der Waals surface area (Å²) < 4.78 is 8.37. The second-order valence-corrected chi connectivity index (χ2v) is 11.1. The summed E-state index contributed by atoms with van der Waals surface area (Å²) in [5, 5.41) is 8.33. The van der Waals surface area contributed by atoms with E-state index in [2.05, 4.69) is 79.4 Å². The lowest BCUT2D eigenvalue weighted by Crippen LogP contribution is -2.09. The number of carbonyl (C=O) groups excluding carboxylic acids is 1. The predicted octanol–water partition coefficient (Wildman–Crippen LogP) is 8.87. The molecular formula is C32H25O2PS. The quantitative estimate of drug-likeness (QED) is 0.0980. The van der Waals surface area contributed by atoms with E-state index < -0.39 is 0 Å². The molecule has 0 N–H and O–H groups in total. The summed E-state index contributed by atoms with van der Waals surface area (Å²) in [6.07, 6.45) is 1.64. The molecule has 1 aromatic heterocycles. The Kier molecular flexibility index (Phi) is 6.05. The number of hydrogen-bond acceptors (Lipinski definition) is 3. The van der Waals surface area contributed by atoms with Gasteiger partial charge in [0.2, 0.25) is 0 Å². The van der Waals surface area contributed by atoms with E-state index in [1.54, 1.807) is 0 Å². The molecule has 0 aliphatic rings. The maximum absolute atomic E-state index is 12.4. The van der Waals surface area contributed by atoms with Gasteiger partial charge in [0.15, 0.2) is 0 Å². The van der Waals surface area contributed by atoms with Gasteiger partial charge in [0.1, 0.15) is 5.75 Å². The molecule has 1 heterocycles. The minimum absolute atomic E-state index is 0.338. The van der Waals surface area contributed by atoms with Gasteiger partial charge in [0.05, 0.1) is 5.31 Å². The van der Waals surface area contributed by atoms with Crippen molar-refractivity contribution in [1.29, 1.82) is 0 Å². The van der Waals surface area contributed by atoms with E-state index >= 15 is 0 Å². The van der Waals surface area contributed by atoms with Crippen molar-refractivity contribution in [3.8, 4) is 5.75 Å². The fourth-order valence-corrected chi connectivity index (χ4v) is 6.52. The van der Waals surface area contributed by atoms with E-state index in [4.69, 9.17) is 4.74 Å². The molecule has 0 saturated carbocycles. The third-order valence-electron chi connectivity index (χ3n) is 6.82. The van der Waals surface area contributed by atoms with E-state index in [1.165, 1.54) is 47.3 Å². The van der Waals surface area contributed by atoms with Crippen LogP contribution < -0.4 is 4.74 Å². The van der Waals surface area contributed by atoms with Gasteiger partial charge in [-0.15, -0.1) is 11.3 Å². The van der Waals surface area contributed by atoms with Crippen molar-refractivity contribution in [2.75, 3.05) is 6.66 Å². The highest BCUT2D eigenvalue weighted by atomic mass is 32.1. The summed E-state index contributed by atoms with van der Waals surface area (Å²) in [6, 6.07) is 32.0. The summed E-state index contributed by atoms with van der Waals surface area (Å²) in [7, 11) is 0.338. The first kappa shape index (κ1) is 22.9. The zero-order valence-electron chi connectivity index (χ0n) is 20.0. The van der Waals surface area contributed by atoms with E-state index in [1.807, 2.05) is 36.2 Å². The van der Waals surface area contributed by atoms with Gasteiger partial charge in [-0.1, -0.05) is 88.0 Å². The number of para-hydroxylation sites is 1. The van der Waals surface area contributed by atoms with Crippen molar-refractivity contribution in [2.24, 2.45) is 0 Å². The first-order valence-corrected chi connectivity index (χ1v) is 14.4. The van der Waals surface area contributed by atoms with Crippen molar-refractivity contribution in [3.63, 3.8) is 0 Å². The lowest BCUT2D eigenvalue weighted by molar-refractivity contribution is -0.129. The van der Waals surface area contributed by atoms with Gasteiger partial charge in [0, 0.05) is 20.2 Å². The molecule has 6 aromatic rings. The molecule has 36 heavy (non-hydrogen) atoms. The highest BCUT2D eigenvalue weighted by Gasteiger charge is 2.17. The van der Waals surface area contributed by atoms with E-state index in [-0.39, 0.29) is 5.97 Å². The summed E-state index contributed by atoms with van der Waals surface area (Å²) >= 11 is 1.88. The smallest absolute Gasteiger partial charge is 0.343 e. The maximum atomic E-state index is 12.4. The molecule has 0 saturated heterocycles. The molecule has 2 nitrogen and oxygen atoms in total. The number of thiophene rings is 1. The Morgan fingerprint density at radius 1 is 0.806 bits per heavy atom. The average Bonchev–Trinajstić information content (AvgIpc) is 3.32. The van der Waals surface area contributed by atoms with Crippen molar-refractivity contribution in [3.05, 3.63) is 114 Å². The summed E-state index contributed by atoms with van der Waals surface area (Å²) in [5.74, 6) is 0.286.